The Morgan fingerprint density at radius 1 is 1.04 bits per heavy atom. The number of aromatic nitrogens is 1. The van der Waals surface area contributed by atoms with Crippen LogP contribution in [0.4, 0.5) is 0 Å². The number of rotatable bonds is 12. The number of carbonyl (C=O) groups is 2. The lowest BCUT2D eigenvalue weighted by Gasteiger charge is -2.26. The van der Waals surface area contributed by atoms with Crippen LogP contribution in [0.2, 0.25) is 0 Å². The number of carboxylic acid groups (broad SMARTS) is 1. The second-order valence-corrected chi connectivity index (χ2v) is 12.9. The van der Waals surface area contributed by atoms with E-state index in [0.717, 1.165) is 5.56 Å². The van der Waals surface area contributed by atoms with Gasteiger partial charge in [0.2, 0.25) is 0 Å². The molecule has 0 fully saturated rings. The Morgan fingerprint density at radius 2 is 1.77 bits per heavy atom. The SMILES string of the molecule is CCOC(=O)C1=C(C)N=c2s/c(=C/c3cc(Br)c(OCc4ccc(C(=O)O)cc4)c(OCC)c3)c(=O)n2[C@@H]1c1ccccc1OC(C)C. The van der Waals surface area contributed by atoms with Gasteiger partial charge in [-0.15, -0.1) is 0 Å². The number of fused-ring (bicyclic) bond motifs is 1. The van der Waals surface area contributed by atoms with Gasteiger partial charge in [0.05, 0.1) is 45.2 Å². The third-order valence-corrected chi connectivity index (χ3v) is 8.88. The zero-order chi connectivity index (χ0) is 34.5. The van der Waals surface area contributed by atoms with E-state index >= 15 is 0 Å². The number of hydrogen-bond acceptors (Lipinski definition) is 9. The minimum absolute atomic E-state index is 0.138. The van der Waals surface area contributed by atoms with Crippen molar-refractivity contribution in [2.45, 2.75) is 53.4 Å². The Bertz CT molecular complexity index is 2060. The fraction of sp³-hybridized carbons (Fsp3) is 0.278. The van der Waals surface area contributed by atoms with Crippen LogP contribution in [0.25, 0.3) is 6.08 Å². The maximum Gasteiger partial charge on any atom is 0.338 e. The molecule has 250 valence electrons. The fourth-order valence-electron chi connectivity index (χ4n) is 5.28. The summed E-state index contributed by atoms with van der Waals surface area (Å²) < 4.78 is 26.1. The third kappa shape index (κ3) is 7.39. The zero-order valence-electron chi connectivity index (χ0n) is 27.1. The van der Waals surface area contributed by atoms with Crippen molar-refractivity contribution < 1.29 is 33.6 Å². The van der Waals surface area contributed by atoms with Crippen LogP contribution in [0.15, 0.2) is 86.2 Å². The molecule has 0 aliphatic carbocycles. The first kappa shape index (κ1) is 34.6. The number of para-hydroxylation sites is 1. The second-order valence-electron chi connectivity index (χ2n) is 11.1. The zero-order valence-corrected chi connectivity index (χ0v) is 29.5. The first-order chi connectivity index (χ1) is 23.0. The summed E-state index contributed by atoms with van der Waals surface area (Å²) in [6, 6.07) is 16.6. The van der Waals surface area contributed by atoms with Gasteiger partial charge in [0, 0.05) is 5.56 Å². The number of hydrogen-bond donors (Lipinski definition) is 1. The van der Waals surface area contributed by atoms with Crippen molar-refractivity contribution in [3.63, 3.8) is 0 Å². The molecule has 12 heteroatoms. The smallest absolute Gasteiger partial charge is 0.338 e. The first-order valence-electron chi connectivity index (χ1n) is 15.4. The highest BCUT2D eigenvalue weighted by Gasteiger charge is 2.35. The molecule has 0 spiro atoms. The van der Waals surface area contributed by atoms with Crippen LogP contribution in [0, 0.1) is 0 Å². The molecule has 2 heterocycles. The van der Waals surface area contributed by atoms with Crippen LogP contribution >= 0.6 is 27.3 Å². The number of carbonyl (C=O) groups excluding carboxylic acids is 1. The Hall–Kier alpha value is -4.68. The van der Waals surface area contributed by atoms with E-state index in [4.69, 9.17) is 18.9 Å². The highest BCUT2D eigenvalue weighted by Crippen LogP contribution is 2.38. The molecule has 1 N–H and O–H groups in total. The Labute approximate surface area is 289 Å². The molecule has 4 aromatic rings. The van der Waals surface area contributed by atoms with Crippen LogP contribution < -0.4 is 29.1 Å². The Morgan fingerprint density at radius 3 is 2.44 bits per heavy atom. The monoisotopic (exact) mass is 734 g/mol. The van der Waals surface area contributed by atoms with Crippen LogP contribution in [-0.4, -0.2) is 40.9 Å². The van der Waals surface area contributed by atoms with E-state index in [2.05, 4.69) is 20.9 Å². The number of ether oxygens (including phenoxy) is 4. The molecule has 0 amide bonds. The summed E-state index contributed by atoms with van der Waals surface area (Å²) >= 11 is 4.82. The first-order valence-corrected chi connectivity index (χ1v) is 17.0. The molecular weight excluding hydrogens is 700 g/mol. The molecule has 1 aliphatic heterocycles. The van der Waals surface area contributed by atoms with Crippen LogP contribution in [0.1, 0.15) is 67.7 Å². The standard InChI is InChI=1S/C36H35BrN2O8S/c1-6-44-28-17-23(16-26(37)32(28)46-19-22-12-14-24(15-13-22)34(41)42)18-29-33(40)39-31(25-10-8-9-11-27(25)47-20(3)4)30(35(43)45-7-2)21(5)38-36(39)48-29/h8-18,20,31H,6-7,19H2,1-5H3,(H,41,42)/b29-18+/t31-/m1/s1. The van der Waals surface area contributed by atoms with Gasteiger partial charge in [-0.2, -0.15) is 0 Å². The predicted molar refractivity (Wildman–Crippen MR) is 186 cm³/mol. The number of benzene rings is 3. The van der Waals surface area contributed by atoms with Gasteiger partial charge in [-0.05, 0) is 98.1 Å². The quantitative estimate of drug-likeness (QED) is 0.175. The van der Waals surface area contributed by atoms with Gasteiger partial charge in [0.1, 0.15) is 18.4 Å². The summed E-state index contributed by atoms with van der Waals surface area (Å²) in [5.41, 5.74) is 2.72. The maximum absolute atomic E-state index is 14.2. The van der Waals surface area contributed by atoms with Crippen molar-refractivity contribution in [3.05, 3.63) is 118 Å². The molecule has 0 saturated carbocycles. The Kier molecular flexibility index (Phi) is 10.9. The van der Waals surface area contributed by atoms with Gasteiger partial charge in [-0.25, -0.2) is 14.6 Å². The van der Waals surface area contributed by atoms with E-state index in [1.807, 2.05) is 51.1 Å². The normalized spacial score (nSPS) is 14.4. The number of halogens is 1. The van der Waals surface area contributed by atoms with Crippen molar-refractivity contribution in [1.29, 1.82) is 0 Å². The van der Waals surface area contributed by atoms with E-state index in [9.17, 15) is 19.5 Å². The average Bonchev–Trinajstić information content (AvgIpc) is 3.34. The molecule has 48 heavy (non-hydrogen) atoms. The lowest BCUT2D eigenvalue weighted by Crippen LogP contribution is -2.40. The summed E-state index contributed by atoms with van der Waals surface area (Å²) in [5, 5.41) is 9.17. The third-order valence-electron chi connectivity index (χ3n) is 7.31. The summed E-state index contributed by atoms with van der Waals surface area (Å²) in [7, 11) is 0. The molecule has 3 aromatic carbocycles. The van der Waals surface area contributed by atoms with Gasteiger partial charge < -0.3 is 24.1 Å². The van der Waals surface area contributed by atoms with E-state index in [1.54, 1.807) is 38.1 Å². The lowest BCUT2D eigenvalue weighted by molar-refractivity contribution is -0.139. The van der Waals surface area contributed by atoms with Gasteiger partial charge in [-0.3, -0.25) is 9.36 Å². The van der Waals surface area contributed by atoms with E-state index in [0.29, 0.717) is 54.5 Å². The predicted octanol–water partition coefficient (Wildman–Crippen LogP) is 6.02. The minimum Gasteiger partial charge on any atom is -0.491 e. The van der Waals surface area contributed by atoms with Gasteiger partial charge >= 0.3 is 11.9 Å². The molecule has 1 aromatic heterocycles. The van der Waals surface area contributed by atoms with Crippen LogP contribution in [-0.2, 0) is 16.1 Å². The van der Waals surface area contributed by atoms with E-state index in [-0.39, 0.29) is 36.0 Å². The van der Waals surface area contributed by atoms with Crippen molar-refractivity contribution in [1.82, 2.24) is 4.57 Å². The molecule has 0 unspecified atom stereocenters. The molecule has 5 rings (SSSR count). The average molecular weight is 736 g/mol. The van der Waals surface area contributed by atoms with Crippen molar-refractivity contribution >= 4 is 45.3 Å². The van der Waals surface area contributed by atoms with E-state index < -0.39 is 18.0 Å². The highest BCUT2D eigenvalue weighted by atomic mass is 79.9. The summed E-state index contributed by atoms with van der Waals surface area (Å²) in [6.07, 6.45) is 1.61. The molecule has 0 radical (unpaired) electrons. The summed E-state index contributed by atoms with van der Waals surface area (Å²) in [5.74, 6) is -0.0550. The number of nitrogens with zero attached hydrogens (tertiary/aromatic N) is 2. The molecule has 0 saturated heterocycles. The minimum atomic E-state index is -0.998. The summed E-state index contributed by atoms with van der Waals surface area (Å²) in [4.78, 5) is 43.9. The largest absolute Gasteiger partial charge is 0.491 e. The fourth-order valence-corrected chi connectivity index (χ4v) is 6.90. The van der Waals surface area contributed by atoms with Crippen molar-refractivity contribution in [2.75, 3.05) is 13.2 Å². The topological polar surface area (TPSA) is 126 Å². The van der Waals surface area contributed by atoms with Crippen molar-refractivity contribution in [2.24, 2.45) is 4.99 Å². The number of allylic oxidation sites excluding steroid dienone is 1. The number of thiazole rings is 1. The second kappa shape index (κ2) is 15.0. The Balaban J connectivity index is 1.58. The van der Waals surface area contributed by atoms with Crippen LogP contribution in [0.5, 0.6) is 17.2 Å². The molecule has 1 atom stereocenters. The summed E-state index contributed by atoms with van der Waals surface area (Å²) in [6.45, 7) is 9.89. The number of aromatic carboxylic acids is 1. The maximum atomic E-state index is 14.2. The molecule has 1 aliphatic rings. The van der Waals surface area contributed by atoms with E-state index in [1.165, 1.54) is 28.0 Å². The molecular formula is C36H35BrN2O8S. The lowest BCUT2D eigenvalue weighted by atomic mass is 9.95. The van der Waals surface area contributed by atoms with Crippen LogP contribution in [0.3, 0.4) is 0 Å². The van der Waals surface area contributed by atoms with Crippen molar-refractivity contribution in [3.8, 4) is 17.2 Å². The van der Waals surface area contributed by atoms with Gasteiger partial charge in [0.15, 0.2) is 16.3 Å². The molecule has 10 nitrogen and oxygen atoms in total. The molecule has 0 bridgehead atoms. The van der Waals surface area contributed by atoms with Gasteiger partial charge in [-0.1, -0.05) is 41.7 Å². The highest BCUT2D eigenvalue weighted by molar-refractivity contribution is 9.10. The number of esters is 1. The number of carboxylic acids is 1. The van der Waals surface area contributed by atoms with Gasteiger partial charge in [0.25, 0.3) is 5.56 Å².